The van der Waals surface area contributed by atoms with Gasteiger partial charge in [0.05, 0.1) is 22.7 Å². The van der Waals surface area contributed by atoms with Gasteiger partial charge in [-0.15, -0.1) is 0 Å². The Morgan fingerprint density at radius 2 is 1.95 bits per heavy atom. The lowest BCUT2D eigenvalue weighted by Crippen LogP contribution is -2.37. The molecule has 1 aromatic rings. The molecule has 0 aliphatic rings. The van der Waals surface area contributed by atoms with Crippen molar-refractivity contribution in [2.24, 2.45) is 5.92 Å². The Hall–Kier alpha value is -1.60. The predicted octanol–water partition coefficient (Wildman–Crippen LogP) is 2.04. The van der Waals surface area contributed by atoms with Gasteiger partial charge in [0.1, 0.15) is 10.9 Å². The summed E-state index contributed by atoms with van der Waals surface area (Å²) in [5.41, 5.74) is 0.268. The number of hydrogen-bond acceptors (Lipinski definition) is 4. The van der Waals surface area contributed by atoms with Gasteiger partial charge in [0.2, 0.25) is 10.0 Å². The zero-order valence-corrected chi connectivity index (χ0v) is 12.0. The maximum absolute atomic E-state index is 12.1. The molecule has 1 atom stereocenters. The maximum Gasteiger partial charge on any atom is 0.243 e. The Labute approximate surface area is 117 Å². The molecule has 0 saturated heterocycles. The van der Waals surface area contributed by atoms with E-state index in [-0.39, 0.29) is 21.4 Å². The van der Waals surface area contributed by atoms with Crippen LogP contribution in [0.3, 0.4) is 0 Å². The Balaban J connectivity index is 3.16. The van der Waals surface area contributed by atoms with Gasteiger partial charge in [-0.05, 0) is 24.1 Å². The SMILES string of the molecule is CC(C)C(C#N)NS(=O)(=O)c1ccc(C#N)cc1Cl. The maximum atomic E-state index is 12.1. The van der Waals surface area contributed by atoms with Crippen molar-refractivity contribution in [2.75, 3.05) is 0 Å². The molecule has 19 heavy (non-hydrogen) atoms. The van der Waals surface area contributed by atoms with Crippen molar-refractivity contribution < 1.29 is 8.42 Å². The van der Waals surface area contributed by atoms with E-state index < -0.39 is 16.1 Å². The van der Waals surface area contributed by atoms with Crippen LogP contribution in [0.2, 0.25) is 5.02 Å². The van der Waals surface area contributed by atoms with E-state index in [1.54, 1.807) is 13.8 Å². The predicted molar refractivity (Wildman–Crippen MR) is 70.7 cm³/mol. The second-order valence-electron chi connectivity index (χ2n) is 4.23. The zero-order chi connectivity index (χ0) is 14.6. The molecule has 0 aromatic heterocycles. The lowest BCUT2D eigenvalue weighted by Gasteiger charge is -2.15. The molecule has 0 amide bonds. The highest BCUT2D eigenvalue weighted by atomic mass is 35.5. The summed E-state index contributed by atoms with van der Waals surface area (Å²) in [7, 11) is -3.89. The van der Waals surface area contributed by atoms with Crippen LogP contribution in [0.5, 0.6) is 0 Å². The van der Waals surface area contributed by atoms with E-state index in [9.17, 15) is 8.42 Å². The van der Waals surface area contributed by atoms with Crippen LogP contribution in [0.25, 0.3) is 0 Å². The van der Waals surface area contributed by atoms with Crippen LogP contribution in [0.4, 0.5) is 0 Å². The molecule has 100 valence electrons. The molecule has 7 heteroatoms. The molecule has 0 heterocycles. The Kier molecular flexibility index (Phi) is 4.90. The molecule has 1 N–H and O–H groups in total. The normalized spacial score (nSPS) is 12.7. The molecule has 0 spiro atoms. The van der Waals surface area contributed by atoms with Gasteiger partial charge in [-0.25, -0.2) is 8.42 Å². The van der Waals surface area contributed by atoms with E-state index in [1.807, 2.05) is 12.1 Å². The van der Waals surface area contributed by atoms with E-state index in [4.69, 9.17) is 22.1 Å². The van der Waals surface area contributed by atoms with Crippen molar-refractivity contribution in [1.29, 1.82) is 10.5 Å². The molecule has 0 aliphatic carbocycles. The summed E-state index contributed by atoms with van der Waals surface area (Å²) >= 11 is 5.85. The fraction of sp³-hybridized carbons (Fsp3) is 0.333. The minimum Gasteiger partial charge on any atom is -0.207 e. The van der Waals surface area contributed by atoms with Crippen LogP contribution in [0, 0.1) is 28.6 Å². The average Bonchev–Trinajstić information content (AvgIpc) is 2.35. The number of benzene rings is 1. The summed E-state index contributed by atoms with van der Waals surface area (Å²) in [4.78, 5) is -0.144. The molecule has 5 nitrogen and oxygen atoms in total. The summed E-state index contributed by atoms with van der Waals surface area (Å²) < 4.78 is 26.5. The molecule has 1 aromatic carbocycles. The standard InChI is InChI=1S/C12H12ClN3O2S/c1-8(2)11(7-15)16-19(17,18)12-4-3-9(6-14)5-10(12)13/h3-5,8,11,16H,1-2H3. The second kappa shape index (κ2) is 6.03. The monoisotopic (exact) mass is 297 g/mol. The van der Waals surface area contributed by atoms with Gasteiger partial charge in [0.25, 0.3) is 0 Å². The molecule has 1 unspecified atom stereocenters. The lowest BCUT2D eigenvalue weighted by atomic mass is 10.1. The molecule has 0 aliphatic heterocycles. The largest absolute Gasteiger partial charge is 0.243 e. The van der Waals surface area contributed by atoms with Crippen molar-refractivity contribution >= 4 is 21.6 Å². The van der Waals surface area contributed by atoms with E-state index >= 15 is 0 Å². The fourth-order valence-corrected chi connectivity index (χ4v) is 3.16. The first kappa shape index (κ1) is 15.5. The van der Waals surface area contributed by atoms with E-state index in [2.05, 4.69) is 4.72 Å². The summed E-state index contributed by atoms with van der Waals surface area (Å²) in [6, 6.07) is 6.79. The second-order valence-corrected chi connectivity index (χ2v) is 6.32. The van der Waals surface area contributed by atoms with Gasteiger partial charge < -0.3 is 0 Å². The quantitative estimate of drug-likeness (QED) is 0.920. The first-order chi connectivity index (χ1) is 8.81. The summed E-state index contributed by atoms with van der Waals surface area (Å²) in [6.07, 6.45) is 0. The Morgan fingerprint density at radius 3 is 2.37 bits per heavy atom. The topological polar surface area (TPSA) is 93.8 Å². The van der Waals surface area contributed by atoms with Crippen molar-refractivity contribution in [2.45, 2.75) is 24.8 Å². The van der Waals surface area contributed by atoms with Crippen LogP contribution in [-0.2, 0) is 10.0 Å². The number of hydrogen-bond donors (Lipinski definition) is 1. The van der Waals surface area contributed by atoms with Gasteiger partial charge in [0, 0.05) is 0 Å². The van der Waals surface area contributed by atoms with E-state index in [0.29, 0.717) is 0 Å². The molecule has 0 fully saturated rings. The van der Waals surface area contributed by atoms with E-state index in [1.165, 1.54) is 18.2 Å². The first-order valence-electron chi connectivity index (χ1n) is 5.43. The highest BCUT2D eigenvalue weighted by molar-refractivity contribution is 7.89. The highest BCUT2D eigenvalue weighted by Crippen LogP contribution is 2.23. The van der Waals surface area contributed by atoms with Crippen LogP contribution >= 0.6 is 11.6 Å². The van der Waals surface area contributed by atoms with Gasteiger partial charge in [-0.1, -0.05) is 25.4 Å². The molecule has 1 rings (SSSR count). The van der Waals surface area contributed by atoms with Crippen molar-refractivity contribution in [3.8, 4) is 12.1 Å². The number of nitriles is 2. The molecule has 0 radical (unpaired) electrons. The van der Waals surface area contributed by atoms with Crippen molar-refractivity contribution in [1.82, 2.24) is 4.72 Å². The average molecular weight is 298 g/mol. The summed E-state index contributed by atoms with van der Waals surface area (Å²) in [6.45, 7) is 3.47. The molecule has 0 saturated carbocycles. The van der Waals surface area contributed by atoms with Crippen LogP contribution in [-0.4, -0.2) is 14.5 Å². The number of halogens is 1. The van der Waals surface area contributed by atoms with Crippen LogP contribution < -0.4 is 4.72 Å². The highest BCUT2D eigenvalue weighted by Gasteiger charge is 2.24. The number of nitrogens with one attached hydrogen (secondary N) is 1. The van der Waals surface area contributed by atoms with E-state index in [0.717, 1.165) is 0 Å². The summed E-state index contributed by atoms with van der Waals surface area (Å²) in [5.74, 6) is -0.170. The fourth-order valence-electron chi connectivity index (χ4n) is 1.33. The van der Waals surface area contributed by atoms with Gasteiger partial charge >= 0.3 is 0 Å². The third-order valence-corrected chi connectivity index (χ3v) is 4.36. The van der Waals surface area contributed by atoms with Crippen molar-refractivity contribution in [3.63, 3.8) is 0 Å². The van der Waals surface area contributed by atoms with Crippen LogP contribution in [0.1, 0.15) is 19.4 Å². The number of rotatable bonds is 4. The summed E-state index contributed by atoms with van der Waals surface area (Å²) in [5, 5.41) is 17.6. The third kappa shape index (κ3) is 3.68. The minimum atomic E-state index is -3.89. The Morgan fingerprint density at radius 1 is 1.32 bits per heavy atom. The zero-order valence-electron chi connectivity index (χ0n) is 10.4. The lowest BCUT2D eigenvalue weighted by molar-refractivity contribution is 0.515. The molecule has 0 bridgehead atoms. The van der Waals surface area contributed by atoms with Gasteiger partial charge in [-0.3, -0.25) is 0 Å². The molecular weight excluding hydrogens is 286 g/mol. The molecular formula is C12H12ClN3O2S. The Bertz CT molecular complexity index is 657. The smallest absolute Gasteiger partial charge is 0.207 e. The van der Waals surface area contributed by atoms with Gasteiger partial charge in [0.15, 0.2) is 0 Å². The van der Waals surface area contributed by atoms with Gasteiger partial charge in [-0.2, -0.15) is 15.2 Å². The third-order valence-electron chi connectivity index (χ3n) is 2.44. The number of nitrogens with zero attached hydrogens (tertiary/aromatic N) is 2. The minimum absolute atomic E-state index is 0.0491. The van der Waals surface area contributed by atoms with Crippen LogP contribution in [0.15, 0.2) is 23.1 Å². The first-order valence-corrected chi connectivity index (χ1v) is 7.29. The van der Waals surface area contributed by atoms with Crippen molar-refractivity contribution in [3.05, 3.63) is 28.8 Å². The number of sulfonamides is 1.